The molecule has 34 heavy (non-hydrogen) atoms. The molecule has 0 saturated heterocycles. The Kier molecular flexibility index (Phi) is 7.77. The lowest BCUT2D eigenvalue weighted by atomic mass is 9.88. The molecule has 1 aromatic rings. The zero-order valence-electron chi connectivity index (χ0n) is 20.6. The van der Waals surface area contributed by atoms with Gasteiger partial charge in [-0.3, -0.25) is 9.59 Å². The van der Waals surface area contributed by atoms with Crippen molar-refractivity contribution >= 4 is 11.8 Å². The fourth-order valence-corrected chi connectivity index (χ4v) is 4.82. The second kappa shape index (κ2) is 10.8. The summed E-state index contributed by atoms with van der Waals surface area (Å²) in [6.07, 6.45) is 8.92. The molecule has 4 rings (SSSR count). The normalized spacial score (nSPS) is 24.1. The number of aliphatic hydroxyl groups is 1. The van der Waals surface area contributed by atoms with E-state index in [0.717, 1.165) is 38.5 Å². The number of ether oxygens (including phenoxy) is 1. The van der Waals surface area contributed by atoms with Gasteiger partial charge in [0.05, 0.1) is 19.2 Å². The lowest BCUT2D eigenvalue weighted by Gasteiger charge is -2.38. The standard InChI is InChI=1S/C27H37N3O4/c1-18-15-30(19(2)17-31)27(33)23-13-21(12-11-20-9-10-20)14-28-25(23)34-24(18)16-29(3)26(32)22-7-5-4-6-8-22/h13-14,18-20,22,24,31H,4-10,15-17H2,1-3H3/t18-,19+,24+/m0/s1. The van der Waals surface area contributed by atoms with E-state index in [0.29, 0.717) is 30.1 Å². The van der Waals surface area contributed by atoms with E-state index in [1.807, 2.05) is 20.9 Å². The number of nitrogens with zero attached hydrogens (tertiary/aromatic N) is 3. The summed E-state index contributed by atoms with van der Waals surface area (Å²) in [4.78, 5) is 34.5. The van der Waals surface area contributed by atoms with E-state index < -0.39 is 0 Å². The van der Waals surface area contributed by atoms with Gasteiger partial charge in [0.15, 0.2) is 0 Å². The largest absolute Gasteiger partial charge is 0.472 e. The van der Waals surface area contributed by atoms with Crippen LogP contribution in [0.4, 0.5) is 0 Å². The second-order valence-electron chi connectivity index (χ2n) is 10.3. The molecule has 0 aromatic carbocycles. The van der Waals surface area contributed by atoms with Crippen molar-refractivity contribution in [1.29, 1.82) is 0 Å². The molecule has 0 unspecified atom stereocenters. The van der Waals surface area contributed by atoms with Crippen molar-refractivity contribution in [3.63, 3.8) is 0 Å². The Morgan fingerprint density at radius 3 is 2.71 bits per heavy atom. The van der Waals surface area contributed by atoms with Crippen molar-refractivity contribution in [2.75, 3.05) is 26.7 Å². The average molecular weight is 468 g/mol. The Hall–Kier alpha value is -2.59. The number of carbonyl (C=O) groups excluding carboxylic acids is 2. The Morgan fingerprint density at radius 2 is 2.03 bits per heavy atom. The zero-order chi connectivity index (χ0) is 24.2. The summed E-state index contributed by atoms with van der Waals surface area (Å²) >= 11 is 0. The molecule has 0 bridgehead atoms. The molecule has 7 nitrogen and oxygen atoms in total. The third-order valence-electron chi connectivity index (χ3n) is 7.30. The minimum Gasteiger partial charge on any atom is -0.472 e. The zero-order valence-corrected chi connectivity index (χ0v) is 20.6. The molecule has 0 spiro atoms. The van der Waals surface area contributed by atoms with Crippen molar-refractivity contribution in [2.45, 2.75) is 70.9 Å². The number of carbonyl (C=O) groups is 2. The fourth-order valence-electron chi connectivity index (χ4n) is 4.82. The summed E-state index contributed by atoms with van der Waals surface area (Å²) in [5, 5.41) is 9.82. The summed E-state index contributed by atoms with van der Waals surface area (Å²) in [6, 6.07) is 1.41. The summed E-state index contributed by atoms with van der Waals surface area (Å²) in [5.41, 5.74) is 1.05. The number of fused-ring (bicyclic) bond motifs is 1. The molecule has 7 heteroatoms. The van der Waals surface area contributed by atoms with Gasteiger partial charge in [0.2, 0.25) is 11.8 Å². The highest BCUT2D eigenvalue weighted by Crippen LogP contribution is 2.30. The average Bonchev–Trinajstić information content (AvgIpc) is 3.69. The van der Waals surface area contributed by atoms with Gasteiger partial charge in [-0.2, -0.15) is 0 Å². The number of hydrogen-bond donors (Lipinski definition) is 1. The maximum atomic E-state index is 13.5. The van der Waals surface area contributed by atoms with E-state index in [2.05, 4.69) is 16.8 Å². The number of aromatic nitrogens is 1. The van der Waals surface area contributed by atoms with Gasteiger partial charge in [-0.1, -0.05) is 38.0 Å². The number of hydrogen-bond acceptors (Lipinski definition) is 5. The molecule has 3 aliphatic rings. The van der Waals surface area contributed by atoms with E-state index in [1.54, 1.807) is 22.1 Å². The predicted molar refractivity (Wildman–Crippen MR) is 129 cm³/mol. The molecule has 2 aliphatic carbocycles. The van der Waals surface area contributed by atoms with Crippen molar-refractivity contribution < 1.29 is 19.4 Å². The first-order valence-electron chi connectivity index (χ1n) is 12.7. The molecular weight excluding hydrogens is 430 g/mol. The second-order valence-corrected chi connectivity index (χ2v) is 10.3. The van der Waals surface area contributed by atoms with Gasteiger partial charge < -0.3 is 19.6 Å². The minimum atomic E-state index is -0.343. The molecule has 0 radical (unpaired) electrons. The molecule has 2 heterocycles. The van der Waals surface area contributed by atoms with E-state index in [-0.39, 0.29) is 48.3 Å². The van der Waals surface area contributed by atoms with Crippen molar-refractivity contribution in [2.24, 2.45) is 17.8 Å². The van der Waals surface area contributed by atoms with Gasteiger partial charge in [0.25, 0.3) is 5.91 Å². The van der Waals surface area contributed by atoms with E-state index in [1.165, 1.54) is 6.42 Å². The van der Waals surface area contributed by atoms with Gasteiger partial charge in [0.1, 0.15) is 11.7 Å². The third kappa shape index (κ3) is 5.72. The van der Waals surface area contributed by atoms with Gasteiger partial charge in [0, 0.05) is 43.1 Å². The first-order valence-corrected chi connectivity index (χ1v) is 12.7. The Balaban J connectivity index is 1.59. The summed E-state index contributed by atoms with van der Waals surface area (Å²) in [5.74, 6) is 7.07. The SMILES string of the molecule is C[C@H](CO)N1C[C@H](C)[C@@H](CN(C)C(=O)C2CCCCC2)Oc2ncc(C#CC3CC3)cc2C1=O. The van der Waals surface area contributed by atoms with Crippen LogP contribution in [0, 0.1) is 29.6 Å². The monoisotopic (exact) mass is 467 g/mol. The first kappa shape index (κ1) is 24.5. The van der Waals surface area contributed by atoms with Crippen LogP contribution < -0.4 is 4.74 Å². The van der Waals surface area contributed by atoms with Crippen LogP contribution in [0.25, 0.3) is 0 Å². The Labute approximate surface area is 202 Å². The number of amides is 2. The smallest absolute Gasteiger partial charge is 0.259 e. The Bertz CT molecular complexity index is 958. The maximum Gasteiger partial charge on any atom is 0.259 e. The lowest BCUT2D eigenvalue weighted by molar-refractivity contribution is -0.136. The fraction of sp³-hybridized carbons (Fsp3) is 0.667. The highest BCUT2D eigenvalue weighted by atomic mass is 16.5. The van der Waals surface area contributed by atoms with E-state index in [9.17, 15) is 14.7 Å². The van der Waals surface area contributed by atoms with Gasteiger partial charge in [-0.05, 0) is 38.7 Å². The van der Waals surface area contributed by atoms with Crippen molar-refractivity contribution in [3.8, 4) is 17.7 Å². The van der Waals surface area contributed by atoms with Crippen LogP contribution in [-0.2, 0) is 4.79 Å². The van der Waals surface area contributed by atoms with Crippen LogP contribution in [0.5, 0.6) is 5.88 Å². The van der Waals surface area contributed by atoms with Crippen LogP contribution >= 0.6 is 0 Å². The van der Waals surface area contributed by atoms with Gasteiger partial charge in [-0.25, -0.2) is 4.98 Å². The summed E-state index contributed by atoms with van der Waals surface area (Å²) in [6.45, 7) is 4.58. The maximum absolute atomic E-state index is 13.5. The number of rotatable bonds is 5. The van der Waals surface area contributed by atoms with Crippen LogP contribution in [0.1, 0.15) is 74.7 Å². The molecule has 1 N–H and O–H groups in total. The van der Waals surface area contributed by atoms with Crippen LogP contribution in [0.3, 0.4) is 0 Å². The molecule has 2 saturated carbocycles. The van der Waals surface area contributed by atoms with Crippen LogP contribution in [-0.4, -0.2) is 70.6 Å². The quantitative estimate of drug-likeness (QED) is 0.673. The molecule has 1 aromatic heterocycles. The molecule has 2 amide bonds. The van der Waals surface area contributed by atoms with E-state index in [4.69, 9.17) is 4.74 Å². The highest BCUT2D eigenvalue weighted by molar-refractivity contribution is 5.97. The molecule has 1 aliphatic heterocycles. The van der Waals surface area contributed by atoms with Crippen LogP contribution in [0.2, 0.25) is 0 Å². The van der Waals surface area contributed by atoms with Crippen molar-refractivity contribution in [3.05, 3.63) is 23.4 Å². The van der Waals surface area contributed by atoms with E-state index >= 15 is 0 Å². The number of pyridine rings is 1. The van der Waals surface area contributed by atoms with Crippen LogP contribution in [0.15, 0.2) is 12.3 Å². The third-order valence-corrected chi connectivity index (χ3v) is 7.30. The summed E-state index contributed by atoms with van der Waals surface area (Å²) in [7, 11) is 1.84. The van der Waals surface area contributed by atoms with Gasteiger partial charge >= 0.3 is 0 Å². The molecule has 2 fully saturated rings. The molecule has 3 atom stereocenters. The number of likely N-dealkylation sites (N-methyl/N-ethyl adjacent to an activating group) is 1. The lowest BCUT2D eigenvalue weighted by Crippen LogP contribution is -2.51. The summed E-state index contributed by atoms with van der Waals surface area (Å²) < 4.78 is 6.32. The Morgan fingerprint density at radius 1 is 1.29 bits per heavy atom. The van der Waals surface area contributed by atoms with Crippen molar-refractivity contribution in [1.82, 2.24) is 14.8 Å². The van der Waals surface area contributed by atoms with Gasteiger partial charge in [-0.15, -0.1) is 0 Å². The topological polar surface area (TPSA) is 83.0 Å². The minimum absolute atomic E-state index is 0.0520. The highest BCUT2D eigenvalue weighted by Gasteiger charge is 2.35. The predicted octanol–water partition coefficient (Wildman–Crippen LogP) is 3.10. The number of aliphatic hydroxyl groups excluding tert-OH is 1. The molecular formula is C27H37N3O4. The molecule has 184 valence electrons. The first-order chi connectivity index (χ1) is 16.4.